The van der Waals surface area contributed by atoms with Crippen LogP contribution in [0.25, 0.3) is 0 Å². The second kappa shape index (κ2) is 6.13. The monoisotopic (exact) mass is 313 g/mol. The Bertz CT molecular complexity index is 619. The van der Waals surface area contributed by atoms with Gasteiger partial charge in [0.2, 0.25) is 0 Å². The van der Waals surface area contributed by atoms with Crippen molar-refractivity contribution in [1.82, 2.24) is 10.2 Å². The van der Waals surface area contributed by atoms with Crippen LogP contribution in [0, 0.1) is 0 Å². The van der Waals surface area contributed by atoms with E-state index in [1.54, 1.807) is 0 Å². The van der Waals surface area contributed by atoms with E-state index in [9.17, 15) is 13.6 Å². The van der Waals surface area contributed by atoms with Gasteiger partial charge in [0.25, 0.3) is 5.91 Å². The molecule has 0 saturated heterocycles. The molecule has 0 aliphatic heterocycles. The fourth-order valence-corrected chi connectivity index (χ4v) is 2.46. The molecule has 0 unspecified atom stereocenters. The zero-order valence-corrected chi connectivity index (χ0v) is 11.9. The summed E-state index contributed by atoms with van der Waals surface area (Å²) in [7, 11) is 0. The predicted octanol–water partition coefficient (Wildman–Crippen LogP) is 2.64. The Labute approximate surface area is 123 Å². The molecule has 1 fully saturated rings. The molecular formula is C13H13F2N3O2S. The van der Waals surface area contributed by atoms with E-state index in [2.05, 4.69) is 23.4 Å². The fraction of sp³-hybridized carbons (Fsp3) is 0.308. The summed E-state index contributed by atoms with van der Waals surface area (Å²) in [6.45, 7) is 6.07. The molecule has 2 rings (SSSR count). The van der Waals surface area contributed by atoms with Crippen LogP contribution in [0.5, 0.6) is 0 Å². The van der Waals surface area contributed by atoms with Crippen molar-refractivity contribution >= 4 is 17.2 Å². The number of carbonyl (C=O) groups is 1. The van der Waals surface area contributed by atoms with Crippen molar-refractivity contribution in [2.75, 3.05) is 0 Å². The van der Waals surface area contributed by atoms with Crippen molar-refractivity contribution in [3.63, 3.8) is 0 Å². The van der Waals surface area contributed by atoms with Crippen molar-refractivity contribution < 1.29 is 18.3 Å². The molecule has 0 aromatic carbocycles. The van der Waals surface area contributed by atoms with Gasteiger partial charge in [-0.15, -0.1) is 10.2 Å². The third kappa shape index (κ3) is 3.72. The molecule has 1 aliphatic carbocycles. The van der Waals surface area contributed by atoms with Crippen LogP contribution in [-0.4, -0.2) is 16.1 Å². The molecule has 8 heteroatoms. The number of hydrogen-bond donors (Lipinski definition) is 1. The van der Waals surface area contributed by atoms with E-state index in [0.717, 1.165) is 17.8 Å². The van der Waals surface area contributed by atoms with Crippen LogP contribution in [0.2, 0.25) is 0 Å². The van der Waals surface area contributed by atoms with Crippen LogP contribution in [0.15, 0.2) is 36.1 Å². The number of rotatable bonds is 7. The lowest BCUT2D eigenvalue weighted by molar-refractivity contribution is -0.114. The van der Waals surface area contributed by atoms with E-state index >= 15 is 0 Å². The topological polar surface area (TPSA) is 78.1 Å². The maximum Gasteiger partial charge on any atom is 0.254 e. The Hall–Kier alpha value is -2.09. The maximum absolute atomic E-state index is 13.8. The molecule has 1 aromatic rings. The van der Waals surface area contributed by atoms with Gasteiger partial charge in [-0.2, -0.15) is 0 Å². The predicted molar refractivity (Wildman–Crippen MR) is 73.4 cm³/mol. The summed E-state index contributed by atoms with van der Waals surface area (Å²) < 4.78 is 31.9. The van der Waals surface area contributed by atoms with Crippen molar-refractivity contribution in [3.05, 3.63) is 46.2 Å². The Morgan fingerprint density at radius 2 is 2.05 bits per heavy atom. The number of ether oxygens (including phenoxy) is 1. The van der Waals surface area contributed by atoms with Crippen molar-refractivity contribution in [2.24, 2.45) is 5.73 Å². The van der Waals surface area contributed by atoms with E-state index in [4.69, 9.17) is 10.5 Å². The minimum Gasteiger partial charge on any atom is -0.484 e. The van der Waals surface area contributed by atoms with Crippen LogP contribution in [0.4, 0.5) is 8.78 Å². The second-order valence-electron chi connectivity index (χ2n) is 4.48. The second-order valence-corrected chi connectivity index (χ2v) is 5.57. The minimum atomic E-state index is -1.28. The first-order valence-corrected chi connectivity index (χ1v) is 6.90. The third-order valence-electron chi connectivity index (χ3n) is 2.76. The third-order valence-corrected chi connectivity index (χ3v) is 3.82. The zero-order valence-electron chi connectivity index (χ0n) is 11.1. The molecule has 21 heavy (non-hydrogen) atoms. The summed E-state index contributed by atoms with van der Waals surface area (Å²) in [4.78, 5) is 11.0. The normalized spacial score (nSPS) is 15.3. The Kier molecular flexibility index (Phi) is 4.46. The number of allylic oxidation sites excluding steroid dienone is 1. The van der Waals surface area contributed by atoms with Gasteiger partial charge < -0.3 is 10.5 Å². The number of amides is 1. The van der Waals surface area contributed by atoms with Crippen molar-refractivity contribution in [2.45, 2.75) is 25.4 Å². The Morgan fingerprint density at radius 1 is 1.38 bits per heavy atom. The molecule has 0 bridgehead atoms. The average molecular weight is 313 g/mol. The van der Waals surface area contributed by atoms with E-state index in [1.807, 2.05) is 0 Å². The quantitative estimate of drug-likeness (QED) is 0.477. The van der Waals surface area contributed by atoms with Crippen LogP contribution < -0.4 is 5.73 Å². The molecule has 5 nitrogen and oxygen atoms in total. The summed E-state index contributed by atoms with van der Waals surface area (Å²) in [5, 5.41) is 9.37. The summed E-state index contributed by atoms with van der Waals surface area (Å²) in [6, 6.07) is 0. The molecule has 112 valence electrons. The van der Waals surface area contributed by atoms with Crippen molar-refractivity contribution in [3.8, 4) is 0 Å². The van der Waals surface area contributed by atoms with Crippen LogP contribution >= 0.6 is 11.3 Å². The highest BCUT2D eigenvalue weighted by atomic mass is 32.1. The van der Waals surface area contributed by atoms with Crippen molar-refractivity contribution in [1.29, 1.82) is 0 Å². The molecule has 1 heterocycles. The van der Waals surface area contributed by atoms with Gasteiger partial charge in [-0.3, -0.25) is 4.79 Å². The number of carbonyl (C=O) groups excluding carboxylic acids is 1. The lowest BCUT2D eigenvalue weighted by Crippen LogP contribution is -2.16. The molecule has 1 aromatic heterocycles. The van der Waals surface area contributed by atoms with E-state index < -0.39 is 28.9 Å². The summed E-state index contributed by atoms with van der Waals surface area (Å²) >= 11 is 1.37. The minimum absolute atomic E-state index is 0.0680. The molecular weight excluding hydrogens is 300 g/mol. The van der Waals surface area contributed by atoms with Gasteiger partial charge in [0, 0.05) is 5.92 Å². The Balaban J connectivity index is 2.01. The number of hydrogen-bond acceptors (Lipinski definition) is 5. The maximum atomic E-state index is 13.8. The van der Waals surface area contributed by atoms with E-state index in [-0.39, 0.29) is 6.61 Å². The molecule has 2 N–H and O–H groups in total. The molecule has 1 saturated carbocycles. The average Bonchev–Trinajstić information content (AvgIpc) is 3.14. The number of halogens is 2. The lowest BCUT2D eigenvalue weighted by Gasteiger charge is -2.07. The molecule has 1 aliphatic rings. The highest BCUT2D eigenvalue weighted by Crippen LogP contribution is 2.41. The number of aromatic nitrogens is 2. The molecule has 0 spiro atoms. The number of primary amides is 1. The SMILES string of the molecule is C=C(OCc1nnc(C2CC2)s1)/C(F)=C(\C(=C)F)C(N)=O. The molecule has 0 radical (unpaired) electrons. The zero-order chi connectivity index (χ0) is 15.6. The van der Waals surface area contributed by atoms with Crippen LogP contribution in [0.1, 0.15) is 28.8 Å². The first-order valence-electron chi connectivity index (χ1n) is 6.08. The van der Waals surface area contributed by atoms with Gasteiger partial charge >= 0.3 is 0 Å². The summed E-state index contributed by atoms with van der Waals surface area (Å²) in [5.41, 5.74) is 3.90. The highest BCUT2D eigenvalue weighted by Gasteiger charge is 2.27. The van der Waals surface area contributed by atoms with E-state index in [1.165, 1.54) is 11.3 Å². The standard InChI is InChI=1S/C13H13F2N3O2S/c1-6(14)10(12(16)19)11(15)7(2)20-5-9-17-18-13(21-9)8-3-4-8/h8H,1-5H2,(H2,16,19)/b11-10-. The fourth-order valence-electron chi connectivity index (χ4n) is 1.53. The first kappa shape index (κ1) is 15.3. The largest absolute Gasteiger partial charge is 0.484 e. The van der Waals surface area contributed by atoms with E-state index in [0.29, 0.717) is 10.9 Å². The summed E-state index contributed by atoms with van der Waals surface area (Å²) in [6.07, 6.45) is 2.19. The number of nitrogens with two attached hydrogens (primary N) is 1. The lowest BCUT2D eigenvalue weighted by atomic mass is 10.2. The van der Waals surface area contributed by atoms with Gasteiger partial charge in [0.15, 0.2) is 10.8 Å². The summed E-state index contributed by atoms with van der Waals surface area (Å²) in [5.74, 6) is -3.88. The number of nitrogens with zero attached hydrogens (tertiary/aromatic N) is 2. The van der Waals surface area contributed by atoms with Gasteiger partial charge in [0.1, 0.15) is 28.8 Å². The van der Waals surface area contributed by atoms with Gasteiger partial charge in [-0.1, -0.05) is 24.5 Å². The molecule has 0 atom stereocenters. The van der Waals surface area contributed by atoms with Crippen LogP contribution in [-0.2, 0) is 16.1 Å². The molecule has 1 amide bonds. The highest BCUT2D eigenvalue weighted by molar-refractivity contribution is 7.11. The van der Waals surface area contributed by atoms with Crippen LogP contribution in [0.3, 0.4) is 0 Å². The van der Waals surface area contributed by atoms with Gasteiger partial charge in [0.05, 0.1) is 0 Å². The smallest absolute Gasteiger partial charge is 0.254 e. The van der Waals surface area contributed by atoms with Gasteiger partial charge in [-0.25, -0.2) is 8.78 Å². The Morgan fingerprint density at radius 3 is 2.57 bits per heavy atom. The van der Waals surface area contributed by atoms with Gasteiger partial charge in [-0.05, 0) is 12.8 Å². The first-order chi connectivity index (χ1) is 9.90.